The van der Waals surface area contributed by atoms with Crippen LogP contribution in [-0.4, -0.2) is 32.3 Å². The molecule has 12 heteroatoms. The Labute approximate surface area is 226 Å². The Hall–Kier alpha value is -5.44. The summed E-state index contributed by atoms with van der Waals surface area (Å²) in [6.45, 7) is 3.46. The van der Waals surface area contributed by atoms with E-state index in [4.69, 9.17) is 5.73 Å². The minimum atomic E-state index is -4.71. The first-order valence-electron chi connectivity index (χ1n) is 11.6. The van der Waals surface area contributed by atoms with Gasteiger partial charge in [0.15, 0.2) is 0 Å². The number of hydrazine groups is 1. The molecule has 0 atom stereocenters. The molecule has 0 aliphatic rings. The van der Waals surface area contributed by atoms with Crippen molar-refractivity contribution in [2.24, 2.45) is 5.73 Å². The lowest BCUT2D eigenvalue weighted by Crippen LogP contribution is -2.41. The van der Waals surface area contributed by atoms with Crippen molar-refractivity contribution >= 4 is 17.7 Å². The smallest absolute Gasteiger partial charge is 0.364 e. The second-order valence-electron chi connectivity index (χ2n) is 8.67. The summed E-state index contributed by atoms with van der Waals surface area (Å²) in [7, 11) is 0. The van der Waals surface area contributed by atoms with E-state index in [1.54, 1.807) is 26.0 Å². The van der Waals surface area contributed by atoms with E-state index in [2.05, 4.69) is 32.7 Å². The summed E-state index contributed by atoms with van der Waals surface area (Å²) in [4.78, 5) is 44.5. The van der Waals surface area contributed by atoms with Crippen LogP contribution in [0.4, 0.5) is 13.2 Å². The van der Waals surface area contributed by atoms with Crippen molar-refractivity contribution in [3.8, 4) is 17.5 Å². The zero-order chi connectivity index (χ0) is 29.0. The maximum atomic E-state index is 13.5. The first-order chi connectivity index (χ1) is 18.9. The van der Waals surface area contributed by atoms with Crippen molar-refractivity contribution < 1.29 is 27.6 Å². The number of amides is 3. The Morgan fingerprint density at radius 1 is 0.900 bits per heavy atom. The van der Waals surface area contributed by atoms with E-state index in [9.17, 15) is 27.6 Å². The summed E-state index contributed by atoms with van der Waals surface area (Å²) in [6, 6.07) is 10.5. The molecule has 0 radical (unpaired) electrons. The highest BCUT2D eigenvalue weighted by molar-refractivity contribution is 5.99. The average Bonchev–Trinajstić information content (AvgIpc) is 3.36. The highest BCUT2D eigenvalue weighted by Gasteiger charge is 2.32. The van der Waals surface area contributed by atoms with Crippen LogP contribution in [0.15, 0.2) is 67.3 Å². The highest BCUT2D eigenvalue weighted by Crippen LogP contribution is 2.31. The number of alkyl halides is 3. The molecule has 0 aliphatic carbocycles. The highest BCUT2D eigenvalue weighted by atomic mass is 19.4. The van der Waals surface area contributed by atoms with Crippen molar-refractivity contribution in [2.75, 3.05) is 0 Å². The van der Waals surface area contributed by atoms with Crippen molar-refractivity contribution in [2.45, 2.75) is 20.0 Å². The number of hydrogen-bond donors (Lipinski definition) is 3. The van der Waals surface area contributed by atoms with Gasteiger partial charge in [0, 0.05) is 40.3 Å². The monoisotopic (exact) mass is 546 g/mol. The van der Waals surface area contributed by atoms with Crippen molar-refractivity contribution in [1.29, 1.82) is 0 Å². The Kier molecular flexibility index (Phi) is 7.67. The number of carbonyl (C=O) groups is 3. The predicted octanol–water partition coefficient (Wildman–Crippen LogP) is 3.48. The van der Waals surface area contributed by atoms with Gasteiger partial charge in [0.2, 0.25) is 0 Å². The third kappa shape index (κ3) is 6.51. The number of imidazole rings is 1. The molecule has 0 spiro atoms. The van der Waals surface area contributed by atoms with Crippen molar-refractivity contribution in [1.82, 2.24) is 25.4 Å². The van der Waals surface area contributed by atoms with Gasteiger partial charge in [-0.05, 0) is 61.9 Å². The normalized spacial score (nSPS) is 10.8. The van der Waals surface area contributed by atoms with Crippen LogP contribution in [0, 0.1) is 25.7 Å². The molecule has 0 unspecified atom stereocenters. The summed E-state index contributed by atoms with van der Waals surface area (Å²) in [5, 5.41) is 0. The molecule has 4 N–H and O–H groups in total. The third-order valence-electron chi connectivity index (χ3n) is 5.66. The lowest BCUT2D eigenvalue weighted by atomic mass is 10.0. The van der Waals surface area contributed by atoms with Crippen LogP contribution in [0.2, 0.25) is 0 Å². The molecule has 0 fully saturated rings. The minimum absolute atomic E-state index is 0.0770. The van der Waals surface area contributed by atoms with E-state index in [1.807, 2.05) is 0 Å². The first kappa shape index (κ1) is 27.6. The molecule has 9 nitrogen and oxygen atoms in total. The Morgan fingerprint density at radius 2 is 1.62 bits per heavy atom. The van der Waals surface area contributed by atoms with E-state index in [0.717, 1.165) is 11.6 Å². The molecule has 3 amide bonds. The number of rotatable bonds is 4. The van der Waals surface area contributed by atoms with Gasteiger partial charge >= 0.3 is 6.18 Å². The van der Waals surface area contributed by atoms with Crippen LogP contribution in [-0.2, 0) is 6.18 Å². The van der Waals surface area contributed by atoms with Crippen LogP contribution >= 0.6 is 0 Å². The number of benzene rings is 2. The largest absolute Gasteiger partial charge is 0.416 e. The molecular formula is C28H21F3N6O3. The maximum Gasteiger partial charge on any atom is 0.416 e. The molecule has 2 heterocycles. The van der Waals surface area contributed by atoms with Crippen LogP contribution in [0.5, 0.6) is 0 Å². The lowest BCUT2D eigenvalue weighted by Gasteiger charge is -2.13. The fourth-order valence-corrected chi connectivity index (χ4v) is 3.53. The van der Waals surface area contributed by atoms with Crippen LogP contribution < -0.4 is 16.6 Å². The second kappa shape index (κ2) is 11.1. The van der Waals surface area contributed by atoms with Crippen LogP contribution in [0.1, 0.15) is 59.2 Å². The number of carbonyl (C=O) groups excluding carboxylic acids is 3. The fraction of sp³-hybridized carbons (Fsp3) is 0.107. The number of pyridine rings is 1. The van der Waals surface area contributed by atoms with E-state index >= 15 is 0 Å². The first-order valence-corrected chi connectivity index (χ1v) is 11.6. The molecule has 4 rings (SSSR count). The molecule has 0 saturated carbocycles. The predicted molar refractivity (Wildman–Crippen MR) is 138 cm³/mol. The van der Waals surface area contributed by atoms with Crippen molar-refractivity contribution in [3.05, 3.63) is 112 Å². The molecule has 0 bridgehead atoms. The number of aromatic nitrogens is 3. The molecule has 40 heavy (non-hydrogen) atoms. The number of hydrogen-bond acceptors (Lipinski definition) is 5. The standard InChI is InChI=1S/C28H21F3N6O3/c1-16-3-6-20(9-19(16)7-4-18-5-8-24(25(32)38)33-13-18)26(39)35-36-27(40)21-10-22(28(29,30)31)12-23(11-21)37-14-17(2)34-15-37/h3,5-6,8-15H,1-2H3,(H2,32,38)(H,35,39)(H,36,40). The van der Waals surface area contributed by atoms with Gasteiger partial charge in [0.1, 0.15) is 5.69 Å². The van der Waals surface area contributed by atoms with Gasteiger partial charge in [-0.25, -0.2) is 9.97 Å². The third-order valence-corrected chi connectivity index (χ3v) is 5.66. The Morgan fingerprint density at radius 3 is 2.23 bits per heavy atom. The molecule has 2 aromatic carbocycles. The average molecular weight is 547 g/mol. The number of nitrogens with one attached hydrogen (secondary N) is 2. The van der Waals surface area contributed by atoms with Gasteiger partial charge in [-0.1, -0.05) is 17.9 Å². The molecule has 202 valence electrons. The number of nitrogens with zero attached hydrogens (tertiary/aromatic N) is 3. The van der Waals surface area contributed by atoms with E-state index in [1.165, 1.54) is 47.6 Å². The number of halogens is 3. The van der Waals surface area contributed by atoms with Gasteiger partial charge < -0.3 is 10.3 Å². The SMILES string of the molecule is Cc1cn(-c2cc(C(=O)NNC(=O)c3ccc(C)c(C#Cc4ccc(C(N)=O)nc4)c3)cc(C(F)(F)F)c2)cn1. The number of nitrogens with two attached hydrogens (primary N) is 1. The maximum absolute atomic E-state index is 13.5. The molecule has 2 aromatic heterocycles. The summed E-state index contributed by atoms with van der Waals surface area (Å²) in [6.07, 6.45) is -0.465. The zero-order valence-electron chi connectivity index (χ0n) is 21.1. The van der Waals surface area contributed by atoms with E-state index in [0.29, 0.717) is 22.9 Å². The molecular weight excluding hydrogens is 525 g/mol. The van der Waals surface area contributed by atoms with Crippen molar-refractivity contribution in [3.63, 3.8) is 0 Å². The number of primary amides is 1. The molecule has 4 aromatic rings. The molecule has 0 aliphatic heterocycles. The topological polar surface area (TPSA) is 132 Å². The minimum Gasteiger partial charge on any atom is -0.364 e. The second-order valence-corrected chi connectivity index (χ2v) is 8.67. The van der Waals surface area contributed by atoms with Gasteiger partial charge in [-0.15, -0.1) is 0 Å². The molecule has 0 saturated heterocycles. The van der Waals surface area contributed by atoms with E-state index in [-0.39, 0.29) is 22.5 Å². The van der Waals surface area contributed by atoms with E-state index < -0.39 is 29.5 Å². The summed E-state index contributed by atoms with van der Waals surface area (Å²) < 4.78 is 41.9. The lowest BCUT2D eigenvalue weighted by molar-refractivity contribution is -0.137. The quantitative estimate of drug-likeness (QED) is 0.266. The van der Waals surface area contributed by atoms with Gasteiger partial charge in [0.25, 0.3) is 17.7 Å². The fourth-order valence-electron chi connectivity index (χ4n) is 3.53. The van der Waals surface area contributed by atoms with Gasteiger partial charge in [-0.2, -0.15) is 13.2 Å². The Bertz CT molecular complexity index is 1680. The van der Waals surface area contributed by atoms with Gasteiger partial charge in [0.05, 0.1) is 17.6 Å². The number of aryl methyl sites for hydroxylation is 2. The van der Waals surface area contributed by atoms with Crippen LogP contribution in [0.3, 0.4) is 0 Å². The van der Waals surface area contributed by atoms with Crippen LogP contribution in [0.25, 0.3) is 5.69 Å². The van der Waals surface area contributed by atoms with Gasteiger partial charge in [-0.3, -0.25) is 25.2 Å². The summed E-state index contributed by atoms with van der Waals surface area (Å²) >= 11 is 0. The Balaban J connectivity index is 1.50. The zero-order valence-corrected chi connectivity index (χ0v) is 21.1. The summed E-state index contributed by atoms with van der Waals surface area (Å²) in [5.74, 6) is 3.48. The summed E-state index contributed by atoms with van der Waals surface area (Å²) in [5.41, 5.74) is 10.9.